The fraction of sp³-hybridized carbons (Fsp3) is 0.650. The number of carbonyl (C=O) groups excluding carboxylic acids is 1. The molecule has 1 aromatic carbocycles. The highest BCUT2D eigenvalue weighted by Crippen LogP contribution is 2.24. The fourth-order valence-electron chi connectivity index (χ4n) is 3.99. The summed E-state index contributed by atoms with van der Waals surface area (Å²) in [6.07, 6.45) is 5.26. The number of halogens is 1. The Bertz CT molecular complexity index is 563. The number of hydrogen-bond acceptors (Lipinski definition) is 3. The molecule has 2 aliphatic heterocycles. The Morgan fingerprint density at radius 3 is 2.72 bits per heavy atom. The standard InChI is InChI=1S/C20H29FN2O2/c1-16-3-2-11-23(15-16)18-6-9-20(24)22(12-10-18)13-14-25-19-7-4-17(21)5-8-19/h4-5,7-8,16,18H,2-3,6,9-15H2,1H3. The molecule has 1 aromatic rings. The molecular formula is C20H29FN2O2. The zero-order valence-electron chi connectivity index (χ0n) is 15.1. The van der Waals surface area contributed by atoms with Crippen molar-refractivity contribution in [3.05, 3.63) is 30.1 Å². The van der Waals surface area contributed by atoms with E-state index in [4.69, 9.17) is 4.74 Å². The number of nitrogens with zero attached hydrogens (tertiary/aromatic N) is 2. The van der Waals surface area contributed by atoms with Gasteiger partial charge in [0, 0.05) is 25.6 Å². The van der Waals surface area contributed by atoms with Crippen LogP contribution in [0.1, 0.15) is 39.0 Å². The smallest absolute Gasteiger partial charge is 0.222 e. The minimum Gasteiger partial charge on any atom is -0.492 e. The van der Waals surface area contributed by atoms with Crippen molar-refractivity contribution in [3.63, 3.8) is 0 Å². The molecule has 25 heavy (non-hydrogen) atoms. The van der Waals surface area contributed by atoms with Crippen LogP contribution in [0, 0.1) is 11.7 Å². The van der Waals surface area contributed by atoms with Crippen molar-refractivity contribution in [2.45, 2.75) is 45.1 Å². The fourth-order valence-corrected chi connectivity index (χ4v) is 3.99. The molecule has 0 aliphatic carbocycles. The Balaban J connectivity index is 1.46. The van der Waals surface area contributed by atoms with Gasteiger partial charge in [0.1, 0.15) is 18.2 Å². The number of carbonyl (C=O) groups is 1. The van der Waals surface area contributed by atoms with E-state index in [1.165, 1.54) is 38.1 Å². The van der Waals surface area contributed by atoms with Gasteiger partial charge in [-0.15, -0.1) is 0 Å². The summed E-state index contributed by atoms with van der Waals surface area (Å²) in [6, 6.07) is 6.54. The van der Waals surface area contributed by atoms with Crippen LogP contribution in [0.4, 0.5) is 4.39 Å². The quantitative estimate of drug-likeness (QED) is 0.818. The first-order chi connectivity index (χ1) is 12.1. The first-order valence-corrected chi connectivity index (χ1v) is 9.52. The van der Waals surface area contributed by atoms with Crippen molar-refractivity contribution < 1.29 is 13.9 Å². The highest BCUT2D eigenvalue weighted by atomic mass is 19.1. The van der Waals surface area contributed by atoms with Gasteiger partial charge in [-0.25, -0.2) is 4.39 Å². The average Bonchev–Trinajstić information content (AvgIpc) is 2.79. The van der Waals surface area contributed by atoms with Crippen LogP contribution in [0.5, 0.6) is 5.75 Å². The van der Waals surface area contributed by atoms with Crippen molar-refractivity contribution in [3.8, 4) is 5.75 Å². The van der Waals surface area contributed by atoms with Crippen molar-refractivity contribution in [1.82, 2.24) is 9.80 Å². The minimum atomic E-state index is -0.270. The van der Waals surface area contributed by atoms with E-state index in [0.29, 0.717) is 31.4 Å². The van der Waals surface area contributed by atoms with Crippen LogP contribution < -0.4 is 4.74 Å². The van der Waals surface area contributed by atoms with Crippen molar-refractivity contribution in [2.75, 3.05) is 32.8 Å². The second-order valence-corrected chi connectivity index (χ2v) is 7.41. The summed E-state index contributed by atoms with van der Waals surface area (Å²) in [5, 5.41) is 0. The first kappa shape index (κ1) is 18.2. The van der Waals surface area contributed by atoms with Gasteiger partial charge in [-0.05, 0) is 62.4 Å². The summed E-state index contributed by atoms with van der Waals surface area (Å²) in [4.78, 5) is 16.9. The number of amides is 1. The lowest BCUT2D eigenvalue weighted by Gasteiger charge is -2.36. The molecule has 1 amide bonds. The van der Waals surface area contributed by atoms with E-state index in [9.17, 15) is 9.18 Å². The van der Waals surface area contributed by atoms with E-state index in [1.54, 1.807) is 12.1 Å². The largest absolute Gasteiger partial charge is 0.492 e. The minimum absolute atomic E-state index is 0.232. The summed E-state index contributed by atoms with van der Waals surface area (Å²) in [6.45, 7) is 6.53. The third-order valence-corrected chi connectivity index (χ3v) is 5.42. The van der Waals surface area contributed by atoms with Crippen LogP contribution >= 0.6 is 0 Å². The van der Waals surface area contributed by atoms with Gasteiger partial charge in [0.15, 0.2) is 0 Å². The van der Waals surface area contributed by atoms with Crippen LogP contribution in [0.2, 0.25) is 0 Å². The number of piperidine rings is 1. The van der Waals surface area contributed by atoms with Gasteiger partial charge in [0.2, 0.25) is 5.91 Å². The predicted molar refractivity (Wildman–Crippen MR) is 96.1 cm³/mol. The van der Waals surface area contributed by atoms with Crippen LogP contribution in [-0.4, -0.2) is 54.5 Å². The van der Waals surface area contributed by atoms with Gasteiger partial charge in [-0.3, -0.25) is 4.79 Å². The third kappa shape index (κ3) is 5.18. The van der Waals surface area contributed by atoms with Crippen molar-refractivity contribution in [2.24, 2.45) is 5.92 Å². The molecule has 0 aromatic heterocycles. The number of likely N-dealkylation sites (tertiary alicyclic amines) is 2. The second-order valence-electron chi connectivity index (χ2n) is 7.41. The maximum atomic E-state index is 12.9. The number of hydrogen-bond donors (Lipinski definition) is 0. The SMILES string of the molecule is CC1CCCN(C2CCC(=O)N(CCOc3ccc(F)cc3)CC2)C1. The number of benzene rings is 1. The van der Waals surface area contributed by atoms with Crippen LogP contribution in [0.25, 0.3) is 0 Å². The van der Waals surface area contributed by atoms with Crippen molar-refractivity contribution >= 4 is 5.91 Å². The maximum Gasteiger partial charge on any atom is 0.222 e. The molecule has 2 saturated heterocycles. The lowest BCUT2D eigenvalue weighted by Crippen LogP contribution is -2.42. The van der Waals surface area contributed by atoms with Crippen molar-refractivity contribution in [1.29, 1.82) is 0 Å². The first-order valence-electron chi connectivity index (χ1n) is 9.52. The molecule has 0 radical (unpaired) electrons. The van der Waals surface area contributed by atoms with Crippen LogP contribution in [0.3, 0.4) is 0 Å². The number of ether oxygens (including phenoxy) is 1. The zero-order chi connectivity index (χ0) is 17.6. The molecule has 138 valence electrons. The monoisotopic (exact) mass is 348 g/mol. The number of rotatable bonds is 5. The van der Waals surface area contributed by atoms with E-state index in [2.05, 4.69) is 11.8 Å². The summed E-state index contributed by atoms with van der Waals surface area (Å²) in [5.74, 6) is 1.38. The summed E-state index contributed by atoms with van der Waals surface area (Å²) < 4.78 is 18.5. The molecule has 2 atom stereocenters. The van der Waals surface area contributed by atoms with Gasteiger partial charge >= 0.3 is 0 Å². The Morgan fingerprint density at radius 1 is 1.16 bits per heavy atom. The maximum absolute atomic E-state index is 12.9. The highest BCUT2D eigenvalue weighted by molar-refractivity contribution is 5.76. The molecular weight excluding hydrogens is 319 g/mol. The van der Waals surface area contributed by atoms with Gasteiger partial charge in [0.25, 0.3) is 0 Å². The Labute approximate surface area is 149 Å². The summed E-state index contributed by atoms with van der Waals surface area (Å²) >= 11 is 0. The molecule has 0 spiro atoms. The molecule has 4 nitrogen and oxygen atoms in total. The second kappa shape index (κ2) is 8.65. The zero-order valence-corrected chi connectivity index (χ0v) is 15.1. The summed E-state index contributed by atoms with van der Waals surface area (Å²) in [5.41, 5.74) is 0. The van der Waals surface area contributed by atoms with E-state index < -0.39 is 0 Å². The van der Waals surface area contributed by atoms with E-state index in [0.717, 1.165) is 25.3 Å². The van der Waals surface area contributed by atoms with Crippen LogP contribution in [-0.2, 0) is 4.79 Å². The van der Waals surface area contributed by atoms with E-state index in [-0.39, 0.29) is 11.7 Å². The molecule has 2 unspecified atom stereocenters. The lowest BCUT2D eigenvalue weighted by atomic mass is 9.96. The molecule has 3 rings (SSSR count). The Hall–Kier alpha value is -1.62. The lowest BCUT2D eigenvalue weighted by molar-refractivity contribution is -0.131. The summed E-state index contributed by atoms with van der Waals surface area (Å²) in [7, 11) is 0. The highest BCUT2D eigenvalue weighted by Gasteiger charge is 2.28. The molecule has 0 saturated carbocycles. The Morgan fingerprint density at radius 2 is 1.96 bits per heavy atom. The van der Waals surface area contributed by atoms with Crippen LogP contribution in [0.15, 0.2) is 24.3 Å². The molecule has 2 heterocycles. The van der Waals surface area contributed by atoms with Gasteiger partial charge in [-0.2, -0.15) is 0 Å². The third-order valence-electron chi connectivity index (χ3n) is 5.42. The Kier molecular flexibility index (Phi) is 6.29. The molecule has 0 N–H and O–H groups in total. The molecule has 5 heteroatoms. The van der Waals surface area contributed by atoms with Gasteiger partial charge < -0.3 is 14.5 Å². The topological polar surface area (TPSA) is 32.8 Å². The van der Waals surface area contributed by atoms with Gasteiger partial charge in [0.05, 0.1) is 6.54 Å². The molecule has 2 fully saturated rings. The molecule has 0 bridgehead atoms. The van der Waals surface area contributed by atoms with E-state index >= 15 is 0 Å². The predicted octanol–water partition coefficient (Wildman–Crippen LogP) is 3.32. The average molecular weight is 348 g/mol. The van der Waals surface area contributed by atoms with Gasteiger partial charge in [-0.1, -0.05) is 6.92 Å². The normalized spacial score (nSPS) is 25.7. The molecule has 2 aliphatic rings. The van der Waals surface area contributed by atoms with E-state index in [1.807, 2.05) is 4.90 Å².